The number of carbonyl (C=O) groups excluding carboxylic acids is 2. The molecule has 4 nitrogen and oxygen atoms in total. The zero-order chi connectivity index (χ0) is 17.8. The van der Waals surface area contributed by atoms with E-state index in [0.29, 0.717) is 25.2 Å². The van der Waals surface area contributed by atoms with Crippen molar-refractivity contribution >= 4 is 39.1 Å². The van der Waals surface area contributed by atoms with Gasteiger partial charge in [-0.1, -0.05) is 22.0 Å². The van der Waals surface area contributed by atoms with E-state index >= 15 is 0 Å². The van der Waals surface area contributed by atoms with E-state index in [4.69, 9.17) is 0 Å². The summed E-state index contributed by atoms with van der Waals surface area (Å²) in [7, 11) is 1.86. The largest absolute Gasteiger partial charge is 0.340 e. The van der Waals surface area contributed by atoms with Crippen molar-refractivity contribution in [1.29, 1.82) is 0 Å². The first-order valence-corrected chi connectivity index (χ1v) is 10.0. The molecule has 0 spiro atoms. The molecule has 6 heteroatoms. The van der Waals surface area contributed by atoms with Gasteiger partial charge in [-0.3, -0.25) is 9.59 Å². The Labute approximate surface area is 160 Å². The maximum Gasteiger partial charge on any atom is 0.253 e. The molecule has 1 aliphatic heterocycles. The number of amides is 2. The van der Waals surface area contributed by atoms with E-state index < -0.39 is 0 Å². The Bertz CT molecular complexity index is 722. The third kappa shape index (κ3) is 4.50. The second-order valence-corrected chi connectivity index (χ2v) is 8.29. The Morgan fingerprint density at radius 3 is 2.48 bits per heavy atom. The van der Waals surface area contributed by atoms with E-state index in [1.807, 2.05) is 58.6 Å². The average Bonchev–Trinajstić information content (AvgIpc) is 3.14. The van der Waals surface area contributed by atoms with Gasteiger partial charge in [0.15, 0.2) is 0 Å². The van der Waals surface area contributed by atoms with Crippen LogP contribution in [0.3, 0.4) is 0 Å². The van der Waals surface area contributed by atoms with Crippen LogP contribution in [0.1, 0.15) is 28.1 Å². The van der Waals surface area contributed by atoms with Gasteiger partial charge >= 0.3 is 0 Å². The summed E-state index contributed by atoms with van der Waals surface area (Å²) in [5, 5.41) is 2.03. The highest BCUT2D eigenvalue weighted by Crippen LogP contribution is 2.22. The Kier molecular flexibility index (Phi) is 5.91. The second kappa shape index (κ2) is 8.15. The van der Waals surface area contributed by atoms with Crippen LogP contribution in [0.15, 0.2) is 46.3 Å². The summed E-state index contributed by atoms with van der Waals surface area (Å²) < 4.78 is 0.960. The fourth-order valence-electron chi connectivity index (χ4n) is 3.13. The van der Waals surface area contributed by atoms with Gasteiger partial charge in [0.1, 0.15) is 0 Å². The Morgan fingerprint density at radius 2 is 1.88 bits per heavy atom. The highest BCUT2D eigenvalue weighted by atomic mass is 79.9. The lowest BCUT2D eigenvalue weighted by atomic mass is 9.95. The number of hydrogen-bond acceptors (Lipinski definition) is 3. The number of halogens is 1. The smallest absolute Gasteiger partial charge is 0.253 e. The van der Waals surface area contributed by atoms with Gasteiger partial charge in [0.05, 0.1) is 6.54 Å². The molecule has 0 aliphatic carbocycles. The van der Waals surface area contributed by atoms with Crippen LogP contribution in [0.25, 0.3) is 0 Å². The number of benzene rings is 1. The molecule has 0 atom stereocenters. The van der Waals surface area contributed by atoms with Crippen LogP contribution in [0, 0.1) is 5.92 Å². The van der Waals surface area contributed by atoms with Gasteiger partial charge < -0.3 is 9.80 Å². The van der Waals surface area contributed by atoms with Crippen molar-refractivity contribution < 1.29 is 9.59 Å². The standard InChI is InChI=1S/C19H21BrN2O2S/c1-21(13-17-3-2-12-25-17)18(23)15-8-10-22(11-9-15)19(24)14-4-6-16(20)7-5-14/h2-7,12,15H,8-11,13H2,1H3. The van der Waals surface area contributed by atoms with Crippen molar-refractivity contribution in [2.45, 2.75) is 19.4 Å². The van der Waals surface area contributed by atoms with E-state index in [1.165, 1.54) is 4.88 Å². The van der Waals surface area contributed by atoms with Crippen molar-refractivity contribution in [1.82, 2.24) is 9.80 Å². The maximum absolute atomic E-state index is 12.6. The minimum atomic E-state index is 0.0129. The van der Waals surface area contributed by atoms with E-state index in [-0.39, 0.29) is 17.7 Å². The van der Waals surface area contributed by atoms with Crippen molar-refractivity contribution in [3.63, 3.8) is 0 Å². The summed E-state index contributed by atoms with van der Waals surface area (Å²) in [5.74, 6) is 0.244. The molecular weight excluding hydrogens is 400 g/mol. The first kappa shape index (κ1) is 18.1. The van der Waals surface area contributed by atoms with Crippen LogP contribution >= 0.6 is 27.3 Å². The maximum atomic E-state index is 12.6. The molecule has 2 amide bonds. The summed E-state index contributed by atoms with van der Waals surface area (Å²) in [6, 6.07) is 11.5. The zero-order valence-electron chi connectivity index (χ0n) is 14.2. The minimum Gasteiger partial charge on any atom is -0.340 e. The minimum absolute atomic E-state index is 0.0129. The Hall–Kier alpha value is -1.66. The Morgan fingerprint density at radius 1 is 1.20 bits per heavy atom. The summed E-state index contributed by atoms with van der Waals surface area (Å²) >= 11 is 5.05. The van der Waals surface area contributed by atoms with E-state index in [2.05, 4.69) is 15.9 Å². The summed E-state index contributed by atoms with van der Waals surface area (Å²) in [6.07, 6.45) is 1.46. The highest BCUT2D eigenvalue weighted by Gasteiger charge is 2.29. The molecule has 3 rings (SSSR count). The molecule has 0 saturated carbocycles. The van der Waals surface area contributed by atoms with Gasteiger partial charge in [-0.05, 0) is 48.6 Å². The normalized spacial score (nSPS) is 15.2. The van der Waals surface area contributed by atoms with E-state index in [0.717, 1.165) is 17.3 Å². The monoisotopic (exact) mass is 420 g/mol. The van der Waals surface area contributed by atoms with Crippen LogP contribution in [-0.2, 0) is 11.3 Å². The molecule has 1 aromatic heterocycles. The molecule has 0 bridgehead atoms. The molecule has 132 valence electrons. The fourth-order valence-corrected chi connectivity index (χ4v) is 4.15. The van der Waals surface area contributed by atoms with Crippen LogP contribution < -0.4 is 0 Å². The van der Waals surface area contributed by atoms with Gasteiger partial charge in [0, 0.05) is 41.0 Å². The van der Waals surface area contributed by atoms with Gasteiger partial charge in [-0.2, -0.15) is 0 Å². The Balaban J connectivity index is 1.53. The lowest BCUT2D eigenvalue weighted by Gasteiger charge is -2.33. The van der Waals surface area contributed by atoms with Crippen molar-refractivity contribution in [2.75, 3.05) is 20.1 Å². The molecule has 1 fully saturated rings. The lowest BCUT2D eigenvalue weighted by Crippen LogP contribution is -2.43. The van der Waals surface area contributed by atoms with E-state index in [9.17, 15) is 9.59 Å². The average molecular weight is 421 g/mol. The SMILES string of the molecule is CN(Cc1cccs1)C(=O)C1CCN(C(=O)c2ccc(Br)cc2)CC1. The quantitative estimate of drug-likeness (QED) is 0.748. The number of carbonyl (C=O) groups is 2. The number of thiophene rings is 1. The molecule has 25 heavy (non-hydrogen) atoms. The fraction of sp³-hybridized carbons (Fsp3) is 0.368. The summed E-state index contributed by atoms with van der Waals surface area (Å²) in [5.41, 5.74) is 0.697. The number of piperidine rings is 1. The van der Waals surface area contributed by atoms with Crippen molar-refractivity contribution in [3.05, 3.63) is 56.7 Å². The molecule has 0 radical (unpaired) electrons. The third-order valence-electron chi connectivity index (χ3n) is 4.57. The molecule has 2 aromatic rings. The van der Waals surface area contributed by atoms with Crippen LogP contribution in [0.4, 0.5) is 0 Å². The van der Waals surface area contributed by atoms with Crippen LogP contribution in [-0.4, -0.2) is 41.8 Å². The number of rotatable bonds is 4. The predicted octanol–water partition coefficient (Wildman–Crippen LogP) is 4.02. The van der Waals surface area contributed by atoms with Crippen LogP contribution in [0.2, 0.25) is 0 Å². The summed E-state index contributed by atoms with van der Waals surface area (Å²) in [4.78, 5) is 30.0. The van der Waals surface area contributed by atoms with Crippen LogP contribution in [0.5, 0.6) is 0 Å². The number of likely N-dealkylation sites (tertiary alicyclic amines) is 1. The topological polar surface area (TPSA) is 40.6 Å². The van der Waals surface area contributed by atoms with Gasteiger partial charge in [0.2, 0.25) is 5.91 Å². The highest BCUT2D eigenvalue weighted by molar-refractivity contribution is 9.10. The molecular formula is C19H21BrN2O2S. The van der Waals surface area contributed by atoms with Gasteiger partial charge in [-0.15, -0.1) is 11.3 Å². The first-order chi connectivity index (χ1) is 12.0. The summed E-state index contributed by atoms with van der Waals surface area (Å²) in [6.45, 7) is 1.94. The first-order valence-electron chi connectivity index (χ1n) is 8.37. The van der Waals surface area contributed by atoms with Gasteiger partial charge in [0.25, 0.3) is 5.91 Å². The number of hydrogen-bond donors (Lipinski definition) is 0. The van der Waals surface area contributed by atoms with Crippen molar-refractivity contribution in [2.24, 2.45) is 5.92 Å². The van der Waals surface area contributed by atoms with Gasteiger partial charge in [-0.25, -0.2) is 0 Å². The molecule has 0 N–H and O–H groups in total. The predicted molar refractivity (Wildman–Crippen MR) is 104 cm³/mol. The third-order valence-corrected chi connectivity index (χ3v) is 5.96. The van der Waals surface area contributed by atoms with E-state index in [1.54, 1.807) is 11.3 Å². The number of nitrogens with zero attached hydrogens (tertiary/aromatic N) is 2. The molecule has 1 aromatic carbocycles. The molecule has 0 unspecified atom stereocenters. The lowest BCUT2D eigenvalue weighted by molar-refractivity contribution is -0.136. The van der Waals surface area contributed by atoms with Crippen molar-refractivity contribution in [3.8, 4) is 0 Å². The molecule has 1 saturated heterocycles. The zero-order valence-corrected chi connectivity index (χ0v) is 16.6. The molecule has 2 heterocycles. The molecule has 1 aliphatic rings. The second-order valence-electron chi connectivity index (χ2n) is 6.35.